The molecule has 3 rings (SSSR count). The number of ether oxygens (including phenoxy) is 2. The Morgan fingerprint density at radius 1 is 1.12 bits per heavy atom. The van der Waals surface area contributed by atoms with Crippen molar-refractivity contribution in [3.05, 3.63) is 24.3 Å². The number of carbonyl (C=O) groups excluding carboxylic acids is 3. The molecule has 26 heavy (non-hydrogen) atoms. The van der Waals surface area contributed by atoms with Gasteiger partial charge < -0.3 is 24.6 Å². The maximum atomic E-state index is 12.4. The van der Waals surface area contributed by atoms with E-state index in [-0.39, 0.29) is 24.3 Å². The van der Waals surface area contributed by atoms with Gasteiger partial charge in [0.25, 0.3) is 5.91 Å². The summed E-state index contributed by atoms with van der Waals surface area (Å²) in [6.45, 7) is 1.77. The molecule has 1 N–H and O–H groups in total. The molecule has 140 valence electrons. The van der Waals surface area contributed by atoms with E-state index in [2.05, 4.69) is 5.32 Å². The Morgan fingerprint density at radius 3 is 2.38 bits per heavy atom. The van der Waals surface area contributed by atoms with Gasteiger partial charge in [-0.1, -0.05) is 12.1 Å². The fourth-order valence-electron chi connectivity index (χ4n) is 3.16. The van der Waals surface area contributed by atoms with E-state index >= 15 is 0 Å². The van der Waals surface area contributed by atoms with Gasteiger partial charge in [0.1, 0.15) is 6.04 Å². The molecule has 0 bridgehead atoms. The molecule has 0 radical (unpaired) electrons. The van der Waals surface area contributed by atoms with Gasteiger partial charge in [0.2, 0.25) is 11.8 Å². The third-order valence-electron chi connectivity index (χ3n) is 4.66. The number of nitrogens with one attached hydrogen (secondary N) is 1. The van der Waals surface area contributed by atoms with Crippen molar-refractivity contribution < 1.29 is 23.9 Å². The summed E-state index contributed by atoms with van der Waals surface area (Å²) >= 11 is 0. The van der Waals surface area contributed by atoms with E-state index in [0.29, 0.717) is 50.5 Å². The lowest BCUT2D eigenvalue weighted by Gasteiger charge is -2.35. The molecular weight excluding hydrogens is 338 g/mol. The number of para-hydroxylation sites is 2. The quantitative estimate of drug-likeness (QED) is 0.799. The number of hydrogen-bond donors (Lipinski definition) is 1. The lowest BCUT2D eigenvalue weighted by atomic mass is 10.2. The van der Waals surface area contributed by atoms with E-state index in [1.165, 1.54) is 0 Å². The molecule has 2 heterocycles. The zero-order valence-corrected chi connectivity index (χ0v) is 14.8. The normalized spacial score (nSPS) is 19.9. The number of nitrogens with zero attached hydrogens (tertiary/aromatic N) is 2. The van der Waals surface area contributed by atoms with E-state index in [1.807, 2.05) is 12.1 Å². The second-order valence-electron chi connectivity index (χ2n) is 6.30. The lowest BCUT2D eigenvalue weighted by molar-refractivity contribution is -0.141. The third kappa shape index (κ3) is 4.07. The molecule has 2 fully saturated rings. The van der Waals surface area contributed by atoms with Crippen LogP contribution in [0.15, 0.2) is 24.3 Å². The van der Waals surface area contributed by atoms with Gasteiger partial charge in [-0.15, -0.1) is 0 Å². The van der Waals surface area contributed by atoms with Gasteiger partial charge in [-0.3, -0.25) is 14.4 Å². The van der Waals surface area contributed by atoms with Crippen LogP contribution in [0.25, 0.3) is 0 Å². The van der Waals surface area contributed by atoms with Crippen LogP contribution in [0.1, 0.15) is 12.8 Å². The maximum Gasteiger partial charge on any atom is 0.260 e. The van der Waals surface area contributed by atoms with Gasteiger partial charge in [0, 0.05) is 32.6 Å². The van der Waals surface area contributed by atoms with Crippen LogP contribution in [0.3, 0.4) is 0 Å². The van der Waals surface area contributed by atoms with Crippen LogP contribution < -0.4 is 14.8 Å². The predicted molar refractivity (Wildman–Crippen MR) is 92.8 cm³/mol. The van der Waals surface area contributed by atoms with Gasteiger partial charge in [-0.05, 0) is 18.6 Å². The predicted octanol–water partition coefficient (Wildman–Crippen LogP) is 0.0234. The van der Waals surface area contributed by atoms with Crippen LogP contribution in [-0.4, -0.2) is 73.5 Å². The fourth-order valence-corrected chi connectivity index (χ4v) is 3.16. The zero-order valence-electron chi connectivity index (χ0n) is 14.8. The number of methoxy groups -OCH3 is 1. The van der Waals surface area contributed by atoms with Crippen LogP contribution in [0.2, 0.25) is 0 Å². The van der Waals surface area contributed by atoms with Gasteiger partial charge in [0.05, 0.1) is 7.11 Å². The molecule has 1 atom stereocenters. The second kappa shape index (κ2) is 8.07. The molecule has 8 heteroatoms. The molecule has 0 aliphatic carbocycles. The summed E-state index contributed by atoms with van der Waals surface area (Å²) < 4.78 is 10.8. The molecule has 1 aromatic carbocycles. The van der Waals surface area contributed by atoms with Gasteiger partial charge in [0.15, 0.2) is 18.1 Å². The van der Waals surface area contributed by atoms with Crippen molar-refractivity contribution in [2.24, 2.45) is 0 Å². The summed E-state index contributed by atoms with van der Waals surface area (Å²) in [6, 6.07) is 6.74. The molecule has 0 spiro atoms. The average molecular weight is 361 g/mol. The van der Waals surface area contributed by atoms with Crippen LogP contribution in [0.5, 0.6) is 11.5 Å². The largest absolute Gasteiger partial charge is 0.493 e. The topological polar surface area (TPSA) is 88.2 Å². The first-order valence-corrected chi connectivity index (χ1v) is 8.70. The monoisotopic (exact) mass is 361 g/mol. The Hall–Kier alpha value is -2.77. The van der Waals surface area contributed by atoms with Crippen LogP contribution in [0.4, 0.5) is 0 Å². The molecule has 2 saturated heterocycles. The van der Waals surface area contributed by atoms with Crippen molar-refractivity contribution in [3.63, 3.8) is 0 Å². The van der Waals surface area contributed by atoms with Crippen molar-refractivity contribution in [2.75, 3.05) is 39.9 Å². The molecule has 8 nitrogen and oxygen atoms in total. The summed E-state index contributed by atoms with van der Waals surface area (Å²) in [6.07, 6.45) is 0.943. The highest BCUT2D eigenvalue weighted by molar-refractivity contribution is 5.91. The molecule has 2 aliphatic rings. The minimum atomic E-state index is -0.418. The first-order valence-electron chi connectivity index (χ1n) is 8.70. The Labute approximate surface area is 152 Å². The van der Waals surface area contributed by atoms with Crippen LogP contribution in [0, 0.1) is 0 Å². The Balaban J connectivity index is 1.46. The van der Waals surface area contributed by atoms with Crippen molar-refractivity contribution in [1.82, 2.24) is 15.1 Å². The molecule has 1 unspecified atom stereocenters. The summed E-state index contributed by atoms with van der Waals surface area (Å²) in [5, 5.41) is 2.69. The summed E-state index contributed by atoms with van der Waals surface area (Å²) in [5.41, 5.74) is 0. The van der Waals surface area contributed by atoms with E-state index in [4.69, 9.17) is 9.47 Å². The smallest absolute Gasteiger partial charge is 0.260 e. The fraction of sp³-hybridized carbons (Fsp3) is 0.500. The number of amides is 3. The highest BCUT2D eigenvalue weighted by Gasteiger charge is 2.33. The molecule has 3 amide bonds. The number of piperazine rings is 1. The Bertz CT molecular complexity index is 685. The van der Waals surface area contributed by atoms with Crippen molar-refractivity contribution in [2.45, 2.75) is 18.9 Å². The number of hydrogen-bond acceptors (Lipinski definition) is 5. The molecule has 2 aliphatic heterocycles. The summed E-state index contributed by atoms with van der Waals surface area (Å²) in [4.78, 5) is 39.4. The Morgan fingerprint density at radius 2 is 1.77 bits per heavy atom. The first-order chi connectivity index (χ1) is 12.6. The molecule has 0 aromatic heterocycles. The molecule has 1 aromatic rings. The van der Waals surface area contributed by atoms with Gasteiger partial charge in [-0.2, -0.15) is 0 Å². The summed E-state index contributed by atoms with van der Waals surface area (Å²) in [5.74, 6) is 0.833. The van der Waals surface area contributed by atoms with Crippen LogP contribution >= 0.6 is 0 Å². The average Bonchev–Trinajstić information content (AvgIpc) is 3.12. The minimum Gasteiger partial charge on any atom is -0.493 e. The molecular formula is C18H23N3O5. The lowest BCUT2D eigenvalue weighted by Crippen LogP contribution is -2.55. The van der Waals surface area contributed by atoms with Crippen molar-refractivity contribution in [3.8, 4) is 11.5 Å². The van der Waals surface area contributed by atoms with E-state index < -0.39 is 6.04 Å². The van der Waals surface area contributed by atoms with Crippen molar-refractivity contribution in [1.29, 1.82) is 0 Å². The van der Waals surface area contributed by atoms with Gasteiger partial charge >= 0.3 is 0 Å². The molecule has 0 saturated carbocycles. The van der Waals surface area contributed by atoms with Gasteiger partial charge in [-0.25, -0.2) is 0 Å². The highest BCUT2D eigenvalue weighted by Crippen LogP contribution is 2.25. The minimum absolute atomic E-state index is 0.0618. The van der Waals surface area contributed by atoms with E-state index in [0.717, 1.165) is 0 Å². The zero-order chi connectivity index (χ0) is 18.5. The SMILES string of the molecule is COc1ccccc1OCC(=O)N1CCN(C(=O)C2CCC(=O)N2)CC1. The standard InChI is InChI=1S/C18H23N3O5/c1-25-14-4-2-3-5-15(14)26-12-17(23)20-8-10-21(11-9-20)18(24)13-6-7-16(22)19-13/h2-5,13H,6-12H2,1H3,(H,19,22). The number of benzene rings is 1. The van der Waals surface area contributed by atoms with E-state index in [1.54, 1.807) is 29.0 Å². The summed E-state index contributed by atoms with van der Waals surface area (Å²) in [7, 11) is 1.55. The van der Waals surface area contributed by atoms with Crippen LogP contribution in [-0.2, 0) is 14.4 Å². The second-order valence-corrected chi connectivity index (χ2v) is 6.30. The Kier molecular flexibility index (Phi) is 5.60. The number of carbonyl (C=O) groups is 3. The number of rotatable bonds is 5. The first kappa shape index (κ1) is 18.0. The van der Waals surface area contributed by atoms with E-state index in [9.17, 15) is 14.4 Å². The third-order valence-corrected chi connectivity index (χ3v) is 4.66. The van der Waals surface area contributed by atoms with Crippen molar-refractivity contribution >= 4 is 17.7 Å². The highest BCUT2D eigenvalue weighted by atomic mass is 16.5. The maximum absolute atomic E-state index is 12.4.